The van der Waals surface area contributed by atoms with Crippen molar-refractivity contribution >= 4 is 33.6 Å². The lowest BCUT2D eigenvalue weighted by atomic mass is 9.90. The normalized spacial score (nSPS) is 21.7. The number of nitrogens with zero attached hydrogens (tertiary/aromatic N) is 1. The minimum atomic E-state index is -3.98. The molecule has 0 saturated carbocycles. The van der Waals surface area contributed by atoms with Crippen LogP contribution in [0.1, 0.15) is 29.3 Å². The second-order valence-electron chi connectivity index (χ2n) is 6.03. The van der Waals surface area contributed by atoms with Gasteiger partial charge in [0.05, 0.1) is 23.0 Å². The van der Waals surface area contributed by atoms with Crippen LogP contribution in [-0.4, -0.2) is 50.0 Å². The zero-order valence-corrected chi connectivity index (χ0v) is 15.1. The number of rotatable bonds is 4. The summed E-state index contributed by atoms with van der Waals surface area (Å²) in [6.07, 6.45) is 0.213. The van der Waals surface area contributed by atoms with E-state index in [9.17, 15) is 23.1 Å². The molecule has 7 nitrogen and oxygen atoms in total. The standard InChI is InChI=1S/C15H18ClNO6S/c1-9-11(16)6-10(13(18)23-3)7-12(9)24(21,22)17-5-4-15(2,8-17)14(19)20/h6-7H,4-5,8H2,1-3H3,(H,19,20). The van der Waals surface area contributed by atoms with Crippen LogP contribution >= 0.6 is 11.6 Å². The molecule has 1 N–H and O–H groups in total. The van der Waals surface area contributed by atoms with E-state index in [4.69, 9.17) is 11.6 Å². The van der Waals surface area contributed by atoms with Gasteiger partial charge in [0.15, 0.2) is 0 Å². The van der Waals surface area contributed by atoms with Crippen LogP contribution in [0.25, 0.3) is 0 Å². The topological polar surface area (TPSA) is 101 Å². The van der Waals surface area contributed by atoms with Crippen molar-refractivity contribution in [2.45, 2.75) is 25.2 Å². The highest BCUT2D eigenvalue weighted by atomic mass is 35.5. The van der Waals surface area contributed by atoms with Gasteiger partial charge in [-0.1, -0.05) is 11.6 Å². The maximum atomic E-state index is 12.9. The van der Waals surface area contributed by atoms with E-state index in [0.29, 0.717) is 5.56 Å². The molecule has 1 heterocycles. The van der Waals surface area contributed by atoms with Crippen LogP contribution in [0.3, 0.4) is 0 Å². The molecule has 132 valence electrons. The number of sulfonamides is 1. The van der Waals surface area contributed by atoms with Crippen LogP contribution in [0.4, 0.5) is 0 Å². The molecule has 1 fully saturated rings. The molecule has 0 amide bonds. The molecule has 1 aliphatic heterocycles. The SMILES string of the molecule is COC(=O)c1cc(Cl)c(C)c(S(=O)(=O)N2CCC(C)(C(=O)O)C2)c1. The van der Waals surface area contributed by atoms with Crippen LogP contribution in [-0.2, 0) is 19.6 Å². The van der Waals surface area contributed by atoms with Crippen LogP contribution in [0.2, 0.25) is 5.02 Å². The number of carboxylic acid groups (broad SMARTS) is 1. The van der Waals surface area contributed by atoms with E-state index in [1.54, 1.807) is 0 Å². The van der Waals surface area contributed by atoms with Crippen LogP contribution < -0.4 is 0 Å². The monoisotopic (exact) mass is 375 g/mol. The summed E-state index contributed by atoms with van der Waals surface area (Å²) >= 11 is 6.05. The van der Waals surface area contributed by atoms with Gasteiger partial charge in [-0.05, 0) is 38.0 Å². The Hall–Kier alpha value is -1.64. The third kappa shape index (κ3) is 3.13. The number of hydrogen-bond acceptors (Lipinski definition) is 5. The fourth-order valence-corrected chi connectivity index (χ4v) is 4.71. The third-order valence-corrected chi connectivity index (χ3v) is 6.65. The molecule has 1 aliphatic rings. The second kappa shape index (κ2) is 6.34. The minimum Gasteiger partial charge on any atom is -0.481 e. The molecule has 9 heteroatoms. The van der Waals surface area contributed by atoms with Crippen LogP contribution in [0.5, 0.6) is 0 Å². The van der Waals surface area contributed by atoms with Crippen LogP contribution in [0.15, 0.2) is 17.0 Å². The predicted octanol–water partition coefficient (Wildman–Crippen LogP) is 1.92. The maximum absolute atomic E-state index is 12.9. The van der Waals surface area contributed by atoms with E-state index in [2.05, 4.69) is 4.74 Å². The van der Waals surface area contributed by atoms with E-state index in [0.717, 1.165) is 4.31 Å². The number of carbonyl (C=O) groups is 2. The second-order valence-corrected chi connectivity index (χ2v) is 8.34. The number of ether oxygens (including phenoxy) is 1. The van der Waals surface area contributed by atoms with Crippen molar-refractivity contribution in [3.8, 4) is 0 Å². The zero-order valence-electron chi connectivity index (χ0n) is 13.5. The van der Waals surface area contributed by atoms with Crippen molar-refractivity contribution in [1.29, 1.82) is 0 Å². The summed E-state index contributed by atoms with van der Waals surface area (Å²) in [5, 5.41) is 9.39. The molecular weight excluding hydrogens is 358 g/mol. The number of methoxy groups -OCH3 is 1. The van der Waals surface area contributed by atoms with Gasteiger partial charge in [0, 0.05) is 18.1 Å². The van der Waals surface area contributed by atoms with Gasteiger partial charge in [0.1, 0.15) is 0 Å². The molecule has 24 heavy (non-hydrogen) atoms. The third-order valence-electron chi connectivity index (χ3n) is 4.29. The van der Waals surface area contributed by atoms with Gasteiger partial charge in [-0.3, -0.25) is 4.79 Å². The van der Waals surface area contributed by atoms with E-state index in [1.807, 2.05) is 0 Å². The summed E-state index contributed by atoms with van der Waals surface area (Å²) in [4.78, 5) is 22.9. The summed E-state index contributed by atoms with van der Waals surface area (Å²) in [6, 6.07) is 2.55. The minimum absolute atomic E-state index is 0.0202. The molecule has 1 aromatic rings. The zero-order chi connectivity index (χ0) is 18.3. The van der Waals surface area contributed by atoms with E-state index in [1.165, 1.54) is 33.1 Å². The fourth-order valence-electron chi connectivity index (χ4n) is 2.59. The number of hydrogen-bond donors (Lipinski definition) is 1. The van der Waals surface area contributed by atoms with E-state index in [-0.39, 0.29) is 35.0 Å². The first-order valence-electron chi connectivity index (χ1n) is 7.15. The molecule has 1 aromatic carbocycles. The number of aliphatic carboxylic acids is 1. The van der Waals surface area contributed by atoms with Gasteiger partial charge in [0.25, 0.3) is 0 Å². The van der Waals surface area contributed by atoms with Crippen molar-refractivity contribution in [1.82, 2.24) is 4.31 Å². The Morgan fingerprint density at radius 1 is 1.38 bits per heavy atom. The van der Waals surface area contributed by atoms with Gasteiger partial charge >= 0.3 is 11.9 Å². The molecule has 2 rings (SSSR count). The first-order chi connectivity index (χ1) is 11.0. The molecule has 0 bridgehead atoms. The smallest absolute Gasteiger partial charge is 0.337 e. The van der Waals surface area contributed by atoms with Gasteiger partial charge in [-0.25, -0.2) is 13.2 Å². The highest BCUT2D eigenvalue weighted by molar-refractivity contribution is 7.89. The van der Waals surface area contributed by atoms with Crippen molar-refractivity contribution < 1.29 is 27.9 Å². The van der Waals surface area contributed by atoms with Gasteiger partial charge in [0.2, 0.25) is 10.0 Å². The highest BCUT2D eigenvalue weighted by Crippen LogP contribution is 2.35. The van der Waals surface area contributed by atoms with Crippen molar-refractivity contribution in [2.24, 2.45) is 5.41 Å². The Balaban J connectivity index is 2.49. The lowest BCUT2D eigenvalue weighted by Gasteiger charge is -2.21. The summed E-state index contributed by atoms with van der Waals surface area (Å²) in [6.45, 7) is 2.99. The largest absolute Gasteiger partial charge is 0.481 e. The Morgan fingerprint density at radius 3 is 2.50 bits per heavy atom. The molecular formula is C15H18ClNO6S. The number of benzene rings is 1. The van der Waals surface area contributed by atoms with Crippen LogP contribution in [0, 0.1) is 12.3 Å². The van der Waals surface area contributed by atoms with Gasteiger partial charge < -0.3 is 9.84 Å². The average molecular weight is 376 g/mol. The summed E-state index contributed by atoms with van der Waals surface area (Å²) in [7, 11) is -2.80. The van der Waals surface area contributed by atoms with Gasteiger partial charge in [-0.15, -0.1) is 0 Å². The molecule has 0 aromatic heterocycles. The fraction of sp³-hybridized carbons (Fsp3) is 0.467. The number of carbonyl (C=O) groups excluding carboxylic acids is 1. The lowest BCUT2D eigenvalue weighted by molar-refractivity contribution is -0.146. The predicted molar refractivity (Wildman–Crippen MR) is 86.6 cm³/mol. The molecule has 0 radical (unpaired) electrons. The Kier molecular flexibility index (Phi) is 4.94. The number of esters is 1. The summed E-state index contributed by atoms with van der Waals surface area (Å²) in [5.74, 6) is -1.75. The van der Waals surface area contributed by atoms with Crippen molar-refractivity contribution in [3.63, 3.8) is 0 Å². The van der Waals surface area contributed by atoms with Gasteiger partial charge in [-0.2, -0.15) is 4.31 Å². The first kappa shape index (κ1) is 18.7. The lowest BCUT2D eigenvalue weighted by Crippen LogP contribution is -2.35. The summed E-state index contributed by atoms with van der Waals surface area (Å²) in [5.41, 5.74) is -0.815. The number of halogens is 1. The Bertz CT molecular complexity index is 806. The molecule has 1 atom stereocenters. The highest BCUT2D eigenvalue weighted by Gasteiger charge is 2.45. The maximum Gasteiger partial charge on any atom is 0.337 e. The molecule has 0 spiro atoms. The average Bonchev–Trinajstić information content (AvgIpc) is 2.93. The Morgan fingerprint density at radius 2 is 2.00 bits per heavy atom. The van der Waals surface area contributed by atoms with Crippen molar-refractivity contribution in [3.05, 3.63) is 28.3 Å². The molecule has 1 saturated heterocycles. The summed E-state index contributed by atoms with van der Waals surface area (Å²) < 4.78 is 31.5. The first-order valence-corrected chi connectivity index (χ1v) is 8.97. The quantitative estimate of drug-likeness (QED) is 0.807. The molecule has 1 unspecified atom stereocenters. The van der Waals surface area contributed by atoms with E-state index >= 15 is 0 Å². The Labute approximate surface area is 145 Å². The van der Waals surface area contributed by atoms with E-state index < -0.39 is 27.4 Å². The number of carboxylic acids is 1. The van der Waals surface area contributed by atoms with Crippen molar-refractivity contribution in [2.75, 3.05) is 20.2 Å². The molecule has 0 aliphatic carbocycles.